The van der Waals surface area contributed by atoms with Crippen LogP contribution in [0.25, 0.3) is 0 Å². The Morgan fingerprint density at radius 3 is 1.30 bits per heavy atom. The van der Waals surface area contributed by atoms with Crippen LogP contribution < -0.4 is 14.7 Å². The number of hydrogen-bond acceptors (Lipinski definition) is 3. The second-order valence-electron chi connectivity index (χ2n) is 14.7. The van der Waals surface area contributed by atoms with Gasteiger partial charge in [0.15, 0.2) is 0 Å². The third-order valence-corrected chi connectivity index (χ3v) is 11.0. The van der Waals surface area contributed by atoms with E-state index in [0.717, 1.165) is 58.3 Å². The van der Waals surface area contributed by atoms with Crippen molar-refractivity contribution < 1.29 is 0 Å². The molecule has 0 bridgehead atoms. The van der Waals surface area contributed by atoms with E-state index in [4.69, 9.17) is 0 Å². The van der Waals surface area contributed by atoms with Crippen LogP contribution in [0, 0.1) is 6.92 Å². The Bertz CT molecular complexity index is 2400. The zero-order chi connectivity index (χ0) is 38.3. The topological polar surface area (TPSA) is 9.72 Å². The molecular weight excluding hydrogens is 679 g/mol. The number of allylic oxidation sites excluding steroid dienone is 3. The summed E-state index contributed by atoms with van der Waals surface area (Å²) in [4.78, 5) is 7.08. The summed E-state index contributed by atoms with van der Waals surface area (Å²) < 4.78 is 0. The maximum Gasteiger partial charge on any atom is 0.0482 e. The van der Waals surface area contributed by atoms with Gasteiger partial charge < -0.3 is 14.7 Å². The molecule has 2 unspecified atom stereocenters. The van der Waals surface area contributed by atoms with Crippen molar-refractivity contribution in [1.29, 1.82) is 0 Å². The first-order chi connectivity index (χ1) is 27.5. The molecule has 0 fully saturated rings. The van der Waals surface area contributed by atoms with E-state index in [1.54, 1.807) is 0 Å². The Hall–Kier alpha value is -6.58. The highest BCUT2D eigenvalue weighted by atomic mass is 15.2. The molecule has 0 radical (unpaired) electrons. The monoisotopic (exact) mass is 727 g/mol. The molecule has 0 spiro atoms. The average Bonchev–Trinajstić information content (AvgIpc) is 3.26. The van der Waals surface area contributed by atoms with Gasteiger partial charge in [-0.25, -0.2) is 0 Å². The minimum atomic E-state index is 0.388. The number of anilines is 8. The van der Waals surface area contributed by atoms with Crippen LogP contribution in [0.1, 0.15) is 55.2 Å². The van der Waals surface area contributed by atoms with E-state index in [2.05, 4.69) is 242 Å². The summed E-state index contributed by atoms with van der Waals surface area (Å²) in [6.45, 7) is 6.82. The third-order valence-electron chi connectivity index (χ3n) is 11.0. The van der Waals surface area contributed by atoms with Crippen molar-refractivity contribution in [3.63, 3.8) is 0 Å². The smallest absolute Gasteiger partial charge is 0.0482 e. The van der Waals surface area contributed by atoms with Gasteiger partial charge in [-0.15, -0.1) is 0 Å². The van der Waals surface area contributed by atoms with Crippen LogP contribution in [0.3, 0.4) is 0 Å². The predicted molar refractivity (Wildman–Crippen MR) is 239 cm³/mol. The summed E-state index contributed by atoms with van der Waals surface area (Å²) in [7, 11) is 0. The summed E-state index contributed by atoms with van der Waals surface area (Å²) in [5.41, 5.74) is 14.0. The molecule has 1 aliphatic rings. The van der Waals surface area contributed by atoms with Crippen LogP contribution in [-0.2, 0) is 0 Å². The normalized spacial score (nSPS) is 13.4. The standard InChI is InChI=1S/C53H49N3/c1-40-18-16-27-51(38-40)54(45-21-10-5-11-22-45)49-34-36-50(37-35-49)56(47-25-14-7-15-26-47)53-29-17-28-52(39-53)55(46-23-12-6-13-24-46)48-32-30-44(31-33-48)42(3)41(2)43-19-8-4-9-20-43/h4-5,7-12,14-39,41-42H,6,13H2,1-3H3. The molecule has 0 saturated heterocycles. The fourth-order valence-corrected chi connectivity index (χ4v) is 7.81. The highest BCUT2D eigenvalue weighted by Crippen LogP contribution is 2.42. The molecule has 0 N–H and O–H groups in total. The fraction of sp³-hybridized carbons (Fsp3) is 0.132. The van der Waals surface area contributed by atoms with Gasteiger partial charge in [-0.3, -0.25) is 0 Å². The van der Waals surface area contributed by atoms with E-state index in [1.807, 2.05) is 0 Å². The number of benzene rings is 7. The molecule has 2 atom stereocenters. The molecule has 0 amide bonds. The number of aryl methyl sites for hydroxylation is 1. The maximum atomic E-state index is 2.40. The SMILES string of the molecule is Cc1cccc(N(c2ccccc2)c2ccc(N(c3ccccc3)c3cccc(N(C4=CCCC=C4)c4ccc(C(C)C(C)c5ccccc5)cc4)c3)cc2)c1. The van der Waals surface area contributed by atoms with Crippen molar-refractivity contribution in [3.05, 3.63) is 229 Å². The number of hydrogen-bond donors (Lipinski definition) is 0. The Morgan fingerprint density at radius 1 is 0.375 bits per heavy atom. The van der Waals surface area contributed by atoms with Gasteiger partial charge in [0, 0.05) is 51.2 Å². The second kappa shape index (κ2) is 16.8. The zero-order valence-corrected chi connectivity index (χ0v) is 32.5. The average molecular weight is 728 g/mol. The zero-order valence-electron chi connectivity index (χ0n) is 32.5. The van der Waals surface area contributed by atoms with Crippen molar-refractivity contribution in [2.24, 2.45) is 0 Å². The van der Waals surface area contributed by atoms with Gasteiger partial charge in [-0.05, 0) is 145 Å². The number of nitrogens with zero attached hydrogens (tertiary/aromatic N) is 3. The summed E-state index contributed by atoms with van der Waals surface area (Å²) in [6.07, 6.45) is 9.01. The first-order valence-corrected chi connectivity index (χ1v) is 19.8. The summed E-state index contributed by atoms with van der Waals surface area (Å²) in [5, 5.41) is 0. The Morgan fingerprint density at radius 2 is 0.786 bits per heavy atom. The molecular formula is C53H49N3. The maximum absolute atomic E-state index is 2.40. The van der Waals surface area contributed by atoms with Gasteiger partial charge in [-0.1, -0.05) is 123 Å². The summed E-state index contributed by atoms with van der Waals surface area (Å²) >= 11 is 0. The molecule has 0 aromatic heterocycles. The number of para-hydroxylation sites is 2. The molecule has 3 heteroatoms. The molecule has 56 heavy (non-hydrogen) atoms. The quantitative estimate of drug-likeness (QED) is 0.124. The van der Waals surface area contributed by atoms with Crippen molar-refractivity contribution in [1.82, 2.24) is 0 Å². The van der Waals surface area contributed by atoms with Gasteiger partial charge in [0.25, 0.3) is 0 Å². The highest BCUT2D eigenvalue weighted by molar-refractivity contribution is 5.83. The number of rotatable bonds is 12. The molecule has 1 aliphatic carbocycles. The predicted octanol–water partition coefficient (Wildman–Crippen LogP) is 15.2. The van der Waals surface area contributed by atoms with Crippen LogP contribution in [0.5, 0.6) is 0 Å². The van der Waals surface area contributed by atoms with Crippen molar-refractivity contribution >= 4 is 45.5 Å². The van der Waals surface area contributed by atoms with Gasteiger partial charge in [0.05, 0.1) is 0 Å². The van der Waals surface area contributed by atoms with Crippen molar-refractivity contribution in [2.45, 2.75) is 45.4 Å². The van der Waals surface area contributed by atoms with E-state index in [9.17, 15) is 0 Å². The van der Waals surface area contributed by atoms with E-state index in [1.165, 1.54) is 22.4 Å². The molecule has 7 aromatic carbocycles. The van der Waals surface area contributed by atoms with E-state index in [0.29, 0.717) is 11.8 Å². The molecule has 0 aliphatic heterocycles. The highest BCUT2D eigenvalue weighted by Gasteiger charge is 2.21. The lowest BCUT2D eigenvalue weighted by molar-refractivity contribution is 0.624. The molecule has 3 nitrogen and oxygen atoms in total. The minimum absolute atomic E-state index is 0.388. The van der Waals surface area contributed by atoms with Gasteiger partial charge in [-0.2, -0.15) is 0 Å². The van der Waals surface area contributed by atoms with Gasteiger partial charge >= 0.3 is 0 Å². The fourth-order valence-electron chi connectivity index (χ4n) is 7.81. The van der Waals surface area contributed by atoms with Crippen molar-refractivity contribution in [3.8, 4) is 0 Å². The summed E-state index contributed by atoms with van der Waals surface area (Å²) in [5.74, 6) is 0.806. The molecule has 0 heterocycles. The Kier molecular flexibility index (Phi) is 10.9. The Balaban J connectivity index is 1.16. The third kappa shape index (κ3) is 7.94. The first-order valence-electron chi connectivity index (χ1n) is 19.8. The first kappa shape index (κ1) is 36.4. The lowest BCUT2D eigenvalue weighted by Crippen LogP contribution is -2.17. The van der Waals surface area contributed by atoms with Crippen LogP contribution in [-0.4, -0.2) is 0 Å². The molecule has 8 rings (SSSR count). The van der Waals surface area contributed by atoms with E-state index >= 15 is 0 Å². The minimum Gasteiger partial charge on any atom is -0.311 e. The van der Waals surface area contributed by atoms with Crippen molar-refractivity contribution in [2.75, 3.05) is 14.7 Å². The van der Waals surface area contributed by atoms with Crippen LogP contribution >= 0.6 is 0 Å². The molecule has 7 aromatic rings. The second-order valence-corrected chi connectivity index (χ2v) is 14.7. The largest absolute Gasteiger partial charge is 0.311 e. The molecule has 276 valence electrons. The van der Waals surface area contributed by atoms with Crippen LogP contribution in [0.4, 0.5) is 45.5 Å². The van der Waals surface area contributed by atoms with Crippen LogP contribution in [0.15, 0.2) is 212 Å². The lowest BCUT2D eigenvalue weighted by Gasteiger charge is -2.31. The van der Waals surface area contributed by atoms with E-state index < -0.39 is 0 Å². The van der Waals surface area contributed by atoms with Gasteiger partial charge in [0.1, 0.15) is 0 Å². The lowest BCUT2D eigenvalue weighted by atomic mass is 9.84. The van der Waals surface area contributed by atoms with E-state index in [-0.39, 0.29) is 0 Å². The molecule has 0 saturated carbocycles. The summed E-state index contributed by atoms with van der Waals surface area (Å²) in [6, 6.07) is 67.9. The Labute approximate surface area is 333 Å². The van der Waals surface area contributed by atoms with Crippen LogP contribution in [0.2, 0.25) is 0 Å². The van der Waals surface area contributed by atoms with Gasteiger partial charge in [0.2, 0.25) is 0 Å².